The van der Waals surface area contributed by atoms with Crippen molar-refractivity contribution in [1.82, 2.24) is 30.3 Å². The van der Waals surface area contributed by atoms with Gasteiger partial charge < -0.3 is 4.52 Å². The van der Waals surface area contributed by atoms with Crippen LogP contribution in [0.25, 0.3) is 0 Å². The lowest BCUT2D eigenvalue weighted by molar-refractivity contribution is 0.385. The van der Waals surface area contributed by atoms with E-state index in [2.05, 4.69) is 37.8 Å². The second-order valence-electron chi connectivity index (χ2n) is 5.90. The summed E-state index contributed by atoms with van der Waals surface area (Å²) in [6.45, 7) is 0. The molecule has 4 rings (SSSR count). The fourth-order valence-electron chi connectivity index (χ4n) is 2.98. The highest BCUT2D eigenvalue weighted by atomic mass is 32.2. The fraction of sp³-hybridized carbons (Fsp3) is 0.438. The Hall–Kier alpha value is -2.22. The van der Waals surface area contributed by atoms with Crippen LogP contribution in [0.3, 0.4) is 0 Å². The van der Waals surface area contributed by atoms with Crippen molar-refractivity contribution in [1.29, 1.82) is 0 Å². The Morgan fingerprint density at radius 2 is 2.00 bits per heavy atom. The number of nitrogens with zero attached hydrogens (tertiary/aromatic N) is 6. The van der Waals surface area contributed by atoms with Gasteiger partial charge in [0, 0.05) is 6.42 Å². The number of benzene rings is 1. The van der Waals surface area contributed by atoms with Crippen LogP contribution in [0, 0.1) is 0 Å². The summed E-state index contributed by atoms with van der Waals surface area (Å²) in [5.41, 5.74) is 1.17. The van der Waals surface area contributed by atoms with Crippen molar-refractivity contribution < 1.29 is 4.52 Å². The standard InChI is InChI=1S/C16H18N6OS/c1-2-6-12(7-3-1)10-14-17-15(23-19-14)11-24-16-18-20-21-22(16)13-8-4-5-9-13/h1-3,6-7,13H,4-5,8-11H2. The molecule has 1 aromatic carbocycles. The van der Waals surface area contributed by atoms with E-state index in [4.69, 9.17) is 4.52 Å². The van der Waals surface area contributed by atoms with Crippen LogP contribution in [0.4, 0.5) is 0 Å². The molecule has 0 N–H and O–H groups in total. The van der Waals surface area contributed by atoms with Gasteiger partial charge in [-0.2, -0.15) is 4.98 Å². The summed E-state index contributed by atoms with van der Waals surface area (Å²) in [5.74, 6) is 1.88. The second-order valence-corrected chi connectivity index (χ2v) is 6.84. The van der Waals surface area contributed by atoms with Gasteiger partial charge >= 0.3 is 0 Å². The number of hydrogen-bond donors (Lipinski definition) is 0. The zero-order valence-corrected chi connectivity index (χ0v) is 14.0. The molecular weight excluding hydrogens is 324 g/mol. The lowest BCUT2D eigenvalue weighted by Crippen LogP contribution is -2.08. The van der Waals surface area contributed by atoms with Crippen molar-refractivity contribution in [2.24, 2.45) is 0 Å². The number of hydrogen-bond acceptors (Lipinski definition) is 7. The topological polar surface area (TPSA) is 82.5 Å². The van der Waals surface area contributed by atoms with Gasteiger partial charge in [-0.05, 0) is 28.8 Å². The van der Waals surface area contributed by atoms with E-state index in [1.54, 1.807) is 11.8 Å². The predicted octanol–water partition coefficient (Wildman–Crippen LogP) is 3.05. The summed E-state index contributed by atoms with van der Waals surface area (Å²) in [4.78, 5) is 4.46. The Balaban J connectivity index is 1.38. The highest BCUT2D eigenvalue weighted by molar-refractivity contribution is 7.98. The predicted molar refractivity (Wildman–Crippen MR) is 88.4 cm³/mol. The van der Waals surface area contributed by atoms with E-state index in [-0.39, 0.29) is 0 Å². The molecule has 3 aromatic rings. The SMILES string of the molecule is c1ccc(Cc2noc(CSc3nnnn3C3CCCC3)n2)cc1. The molecule has 0 unspecified atom stereocenters. The number of thioether (sulfide) groups is 1. The normalized spacial score (nSPS) is 15.2. The minimum Gasteiger partial charge on any atom is -0.338 e. The third kappa shape index (κ3) is 3.48. The van der Waals surface area contributed by atoms with Crippen molar-refractivity contribution >= 4 is 11.8 Å². The smallest absolute Gasteiger partial charge is 0.237 e. The molecule has 8 heteroatoms. The molecule has 24 heavy (non-hydrogen) atoms. The minimum absolute atomic E-state index is 0.429. The highest BCUT2D eigenvalue weighted by Crippen LogP contribution is 2.32. The fourth-order valence-corrected chi connectivity index (χ4v) is 3.77. The Morgan fingerprint density at radius 1 is 1.17 bits per heavy atom. The van der Waals surface area contributed by atoms with Gasteiger partial charge in [-0.1, -0.05) is 60.1 Å². The van der Waals surface area contributed by atoms with E-state index in [1.807, 2.05) is 22.9 Å². The molecule has 1 aliphatic carbocycles. The summed E-state index contributed by atoms with van der Waals surface area (Å²) >= 11 is 1.54. The lowest BCUT2D eigenvalue weighted by Gasteiger charge is -2.09. The number of rotatable bonds is 6. The van der Waals surface area contributed by atoms with E-state index in [9.17, 15) is 0 Å². The summed E-state index contributed by atoms with van der Waals surface area (Å²) in [6.07, 6.45) is 5.48. The van der Waals surface area contributed by atoms with Gasteiger partial charge in [0.1, 0.15) is 0 Å². The first-order chi connectivity index (χ1) is 11.9. The zero-order chi connectivity index (χ0) is 16.2. The van der Waals surface area contributed by atoms with Crippen molar-refractivity contribution in [2.75, 3.05) is 0 Å². The molecule has 124 valence electrons. The summed E-state index contributed by atoms with van der Waals surface area (Å²) in [6, 6.07) is 10.6. The molecule has 1 fully saturated rings. The summed E-state index contributed by atoms with van der Waals surface area (Å²) < 4.78 is 7.28. The van der Waals surface area contributed by atoms with Crippen molar-refractivity contribution in [3.05, 3.63) is 47.6 Å². The molecule has 0 bridgehead atoms. The van der Waals surface area contributed by atoms with Crippen LogP contribution < -0.4 is 0 Å². The Bertz CT molecular complexity index is 781. The molecule has 0 saturated heterocycles. The Labute approximate surface area is 143 Å². The first kappa shape index (κ1) is 15.3. The average Bonchev–Trinajstić information content (AvgIpc) is 3.35. The highest BCUT2D eigenvalue weighted by Gasteiger charge is 2.22. The van der Waals surface area contributed by atoms with Crippen LogP contribution in [0.15, 0.2) is 40.0 Å². The van der Waals surface area contributed by atoms with Gasteiger partial charge in [-0.3, -0.25) is 0 Å². The molecule has 1 aliphatic rings. The van der Waals surface area contributed by atoms with Crippen LogP contribution in [0.5, 0.6) is 0 Å². The molecule has 0 atom stereocenters. The maximum Gasteiger partial charge on any atom is 0.237 e. The van der Waals surface area contributed by atoms with E-state index in [0.29, 0.717) is 29.9 Å². The van der Waals surface area contributed by atoms with Crippen molar-refractivity contribution in [2.45, 2.75) is 49.1 Å². The molecule has 0 aliphatic heterocycles. The first-order valence-electron chi connectivity index (χ1n) is 8.14. The van der Waals surface area contributed by atoms with Gasteiger partial charge in [0.25, 0.3) is 0 Å². The minimum atomic E-state index is 0.429. The van der Waals surface area contributed by atoms with Crippen LogP contribution in [0.1, 0.15) is 49.0 Å². The van der Waals surface area contributed by atoms with Crippen LogP contribution in [0.2, 0.25) is 0 Å². The molecule has 0 amide bonds. The van der Waals surface area contributed by atoms with Gasteiger partial charge in [0.15, 0.2) is 5.82 Å². The van der Waals surface area contributed by atoms with Gasteiger partial charge in [0.05, 0.1) is 11.8 Å². The first-order valence-corrected chi connectivity index (χ1v) is 9.13. The maximum absolute atomic E-state index is 5.34. The van der Waals surface area contributed by atoms with Crippen LogP contribution in [-0.4, -0.2) is 30.3 Å². The van der Waals surface area contributed by atoms with Gasteiger partial charge in [0.2, 0.25) is 11.0 Å². The van der Waals surface area contributed by atoms with E-state index in [1.165, 1.54) is 18.4 Å². The van der Waals surface area contributed by atoms with E-state index >= 15 is 0 Å². The summed E-state index contributed by atoms with van der Waals surface area (Å²) in [7, 11) is 0. The molecule has 0 spiro atoms. The van der Waals surface area contributed by atoms with Crippen molar-refractivity contribution in [3.8, 4) is 0 Å². The lowest BCUT2D eigenvalue weighted by atomic mass is 10.1. The molecule has 0 radical (unpaired) electrons. The molecular formula is C16H18N6OS. The van der Waals surface area contributed by atoms with Crippen LogP contribution >= 0.6 is 11.8 Å². The third-order valence-electron chi connectivity index (χ3n) is 4.17. The monoisotopic (exact) mass is 342 g/mol. The quantitative estimate of drug-likeness (QED) is 0.637. The molecule has 2 heterocycles. The second kappa shape index (κ2) is 7.12. The van der Waals surface area contributed by atoms with Gasteiger partial charge in [-0.25, -0.2) is 4.68 Å². The molecule has 1 saturated carbocycles. The summed E-state index contributed by atoms with van der Waals surface area (Å²) in [5, 5.41) is 17.0. The van der Waals surface area contributed by atoms with E-state index < -0.39 is 0 Å². The molecule has 7 nitrogen and oxygen atoms in total. The number of aromatic nitrogens is 6. The Kier molecular flexibility index (Phi) is 4.55. The van der Waals surface area contributed by atoms with Crippen molar-refractivity contribution in [3.63, 3.8) is 0 Å². The Morgan fingerprint density at radius 3 is 2.83 bits per heavy atom. The van der Waals surface area contributed by atoms with Crippen LogP contribution in [-0.2, 0) is 12.2 Å². The van der Waals surface area contributed by atoms with Gasteiger partial charge in [-0.15, -0.1) is 5.10 Å². The number of tetrazole rings is 1. The molecule has 2 aromatic heterocycles. The maximum atomic E-state index is 5.34. The zero-order valence-electron chi connectivity index (χ0n) is 13.2. The average molecular weight is 342 g/mol. The van der Waals surface area contributed by atoms with E-state index in [0.717, 1.165) is 18.0 Å². The third-order valence-corrected chi connectivity index (χ3v) is 5.09. The largest absolute Gasteiger partial charge is 0.338 e.